The van der Waals surface area contributed by atoms with Gasteiger partial charge in [0.1, 0.15) is 0 Å². The fourth-order valence-corrected chi connectivity index (χ4v) is 4.71. The molecule has 0 spiro atoms. The molecule has 1 saturated heterocycles. The van der Waals surface area contributed by atoms with E-state index in [1.54, 1.807) is 0 Å². The van der Waals surface area contributed by atoms with Crippen LogP contribution in [0.15, 0.2) is 0 Å². The van der Waals surface area contributed by atoms with E-state index in [1.807, 2.05) is 0 Å². The third-order valence-electron chi connectivity index (χ3n) is 4.83. The molecule has 3 heteroatoms. The van der Waals surface area contributed by atoms with E-state index in [0.717, 1.165) is 25.4 Å². The molecule has 1 fully saturated rings. The zero-order valence-corrected chi connectivity index (χ0v) is 16.0. The van der Waals surface area contributed by atoms with Crippen molar-refractivity contribution in [2.24, 2.45) is 5.92 Å². The van der Waals surface area contributed by atoms with Crippen molar-refractivity contribution in [1.29, 1.82) is 0 Å². The van der Waals surface area contributed by atoms with Gasteiger partial charge in [0.15, 0.2) is 0 Å². The lowest BCUT2D eigenvalue weighted by molar-refractivity contribution is 0.00346. The fourth-order valence-electron chi connectivity index (χ4n) is 4.71. The molecule has 0 aromatic carbocycles. The van der Waals surface area contributed by atoms with Crippen LogP contribution in [0.4, 0.5) is 0 Å². The van der Waals surface area contributed by atoms with Gasteiger partial charge >= 0.3 is 0 Å². The Labute approximate surface area is 135 Å². The topological polar surface area (TPSA) is 6.48 Å². The van der Waals surface area contributed by atoms with E-state index in [9.17, 15) is 0 Å². The lowest BCUT2D eigenvalue weighted by Crippen LogP contribution is -2.54. The Balaban J connectivity index is 2.83. The first-order valence-electron chi connectivity index (χ1n) is 8.59. The molecular formula is C18H37BN2. The van der Waals surface area contributed by atoms with Crippen LogP contribution in [-0.4, -0.2) is 48.0 Å². The maximum absolute atomic E-state index is 6.28. The first-order chi connectivity index (χ1) is 9.26. The molecule has 0 bridgehead atoms. The first kappa shape index (κ1) is 19.0. The van der Waals surface area contributed by atoms with Crippen molar-refractivity contribution < 1.29 is 0 Å². The lowest BCUT2D eigenvalue weighted by Gasteiger charge is -2.46. The van der Waals surface area contributed by atoms with E-state index >= 15 is 0 Å². The van der Waals surface area contributed by atoms with Crippen molar-refractivity contribution >= 4 is 7.85 Å². The van der Waals surface area contributed by atoms with Crippen molar-refractivity contribution in [1.82, 2.24) is 9.80 Å². The van der Waals surface area contributed by atoms with Gasteiger partial charge in [0.2, 0.25) is 0 Å². The van der Waals surface area contributed by atoms with E-state index in [-0.39, 0.29) is 16.4 Å². The third-order valence-corrected chi connectivity index (χ3v) is 4.83. The first-order valence-corrected chi connectivity index (χ1v) is 8.59. The van der Waals surface area contributed by atoms with Gasteiger partial charge in [-0.2, -0.15) is 0 Å². The summed E-state index contributed by atoms with van der Waals surface area (Å²) >= 11 is 0. The Morgan fingerprint density at radius 3 is 1.76 bits per heavy atom. The summed E-state index contributed by atoms with van der Waals surface area (Å²) in [6.45, 7) is 23.1. The average molecular weight is 292 g/mol. The largest absolute Gasteiger partial charge is 0.282 e. The number of nitrogens with zero attached hydrogens (tertiary/aromatic N) is 2. The predicted molar refractivity (Wildman–Crippen MR) is 94.9 cm³/mol. The van der Waals surface area contributed by atoms with Crippen LogP contribution < -0.4 is 0 Å². The highest BCUT2D eigenvalue weighted by molar-refractivity contribution is 6.14. The molecule has 0 aromatic heterocycles. The van der Waals surface area contributed by atoms with Gasteiger partial charge in [0.25, 0.3) is 0 Å². The Morgan fingerprint density at radius 1 is 0.952 bits per heavy atom. The molecule has 0 N–H and O–H groups in total. The Hall–Kier alpha value is -0.0151. The molecule has 122 valence electrons. The normalized spacial score (nSPS) is 23.2. The molecule has 0 saturated carbocycles. The fraction of sp³-hybridized carbons (Fsp3) is 1.00. The van der Waals surface area contributed by atoms with Crippen LogP contribution >= 0.6 is 0 Å². The van der Waals surface area contributed by atoms with Crippen molar-refractivity contribution in [3.8, 4) is 0 Å². The maximum Gasteiger partial charge on any atom is 0.0739 e. The van der Waals surface area contributed by atoms with Crippen LogP contribution in [0.25, 0.3) is 0 Å². The van der Waals surface area contributed by atoms with Gasteiger partial charge in [0, 0.05) is 24.2 Å². The monoisotopic (exact) mass is 292 g/mol. The van der Waals surface area contributed by atoms with E-state index in [1.165, 1.54) is 6.42 Å². The molecule has 2 nitrogen and oxygen atoms in total. The summed E-state index contributed by atoms with van der Waals surface area (Å²) in [5.41, 5.74) is 0.400. The van der Waals surface area contributed by atoms with Crippen LogP contribution in [0.5, 0.6) is 0 Å². The number of hydrogen-bond donors (Lipinski definition) is 0. The van der Waals surface area contributed by atoms with Crippen LogP contribution in [0, 0.1) is 5.92 Å². The molecule has 1 rings (SSSR count). The van der Waals surface area contributed by atoms with Crippen LogP contribution in [0.2, 0.25) is 5.31 Å². The second-order valence-electron chi connectivity index (χ2n) is 9.41. The van der Waals surface area contributed by atoms with Gasteiger partial charge in [-0.05, 0) is 53.4 Å². The highest BCUT2D eigenvalue weighted by Crippen LogP contribution is 2.39. The van der Waals surface area contributed by atoms with Crippen molar-refractivity contribution in [3.05, 3.63) is 0 Å². The van der Waals surface area contributed by atoms with Gasteiger partial charge in [-0.1, -0.05) is 33.0 Å². The maximum atomic E-state index is 6.28. The summed E-state index contributed by atoms with van der Waals surface area (Å²) in [7, 11) is 6.28. The summed E-state index contributed by atoms with van der Waals surface area (Å²) in [6, 6.07) is 0. The summed E-state index contributed by atoms with van der Waals surface area (Å²) in [5, 5.41) is -0.121. The van der Waals surface area contributed by atoms with Crippen molar-refractivity contribution in [2.45, 2.75) is 97.7 Å². The second-order valence-corrected chi connectivity index (χ2v) is 9.41. The van der Waals surface area contributed by atoms with Gasteiger partial charge < -0.3 is 0 Å². The molecule has 0 aliphatic carbocycles. The second kappa shape index (κ2) is 6.24. The molecule has 2 radical (unpaired) electrons. The molecule has 1 heterocycles. The van der Waals surface area contributed by atoms with E-state index in [4.69, 9.17) is 7.85 Å². The van der Waals surface area contributed by atoms with Crippen LogP contribution in [0.1, 0.15) is 75.2 Å². The Bertz CT molecular complexity index is 342. The minimum absolute atomic E-state index is 0.121. The molecule has 21 heavy (non-hydrogen) atoms. The van der Waals surface area contributed by atoms with Crippen LogP contribution in [-0.2, 0) is 0 Å². The quantitative estimate of drug-likeness (QED) is 0.673. The minimum Gasteiger partial charge on any atom is -0.282 e. The average Bonchev–Trinajstić information content (AvgIpc) is 2.54. The van der Waals surface area contributed by atoms with Gasteiger partial charge in [-0.15, -0.1) is 0 Å². The molecular weight excluding hydrogens is 255 g/mol. The highest BCUT2D eigenvalue weighted by Gasteiger charge is 2.44. The van der Waals surface area contributed by atoms with Gasteiger partial charge in [-0.3, -0.25) is 9.80 Å². The van der Waals surface area contributed by atoms with E-state index < -0.39 is 0 Å². The third kappa shape index (κ3) is 4.99. The van der Waals surface area contributed by atoms with E-state index in [0.29, 0.717) is 6.17 Å². The molecule has 1 aliphatic heterocycles. The molecule has 0 aromatic rings. The Morgan fingerprint density at radius 2 is 1.38 bits per heavy atom. The number of rotatable bonds is 6. The molecule has 1 atom stereocenters. The van der Waals surface area contributed by atoms with Crippen molar-refractivity contribution in [3.63, 3.8) is 0 Å². The molecule has 1 unspecified atom stereocenters. The Kier molecular flexibility index (Phi) is 5.65. The lowest BCUT2D eigenvalue weighted by atomic mass is 9.65. The minimum atomic E-state index is -0.121. The van der Waals surface area contributed by atoms with Crippen molar-refractivity contribution in [2.75, 3.05) is 13.1 Å². The van der Waals surface area contributed by atoms with Gasteiger partial charge in [0.05, 0.1) is 14.0 Å². The number of hydrogen-bond acceptors (Lipinski definition) is 2. The SMILES string of the molecule is [B]C(C)(C)CC(C)(C)N1CCN(C(C)(C)CC(C)C)C1C. The predicted octanol–water partition coefficient (Wildman–Crippen LogP) is 4.31. The summed E-state index contributed by atoms with van der Waals surface area (Å²) < 4.78 is 0. The van der Waals surface area contributed by atoms with E-state index in [2.05, 4.69) is 72.1 Å². The highest BCUT2D eigenvalue weighted by atomic mass is 15.5. The molecule has 0 amide bonds. The summed E-state index contributed by atoms with van der Waals surface area (Å²) in [4.78, 5) is 5.32. The zero-order valence-electron chi connectivity index (χ0n) is 16.0. The standard InChI is InChI=1S/C18H37BN2/c1-14(2)12-17(6,7)20-10-11-21(15(20)3)18(8,9)13-16(4,5)19/h14-15H,10-13H2,1-9H3. The summed E-state index contributed by atoms with van der Waals surface area (Å²) in [5.74, 6) is 0.734. The van der Waals surface area contributed by atoms with Gasteiger partial charge in [-0.25, -0.2) is 0 Å². The molecule has 1 aliphatic rings. The smallest absolute Gasteiger partial charge is 0.0739 e. The van der Waals surface area contributed by atoms with Crippen LogP contribution in [0.3, 0.4) is 0 Å². The summed E-state index contributed by atoms with van der Waals surface area (Å²) in [6.07, 6.45) is 2.74. The zero-order chi connectivity index (χ0) is 16.6.